The van der Waals surface area contributed by atoms with Crippen LogP contribution in [0.2, 0.25) is 5.02 Å². The zero-order valence-electron chi connectivity index (χ0n) is 13.1. The van der Waals surface area contributed by atoms with E-state index in [1.54, 1.807) is 18.6 Å². The third kappa shape index (κ3) is 2.91. The number of nitrogens with one attached hydrogen (secondary N) is 2. The van der Waals surface area contributed by atoms with Crippen molar-refractivity contribution >= 4 is 23.1 Å². The molecule has 0 amide bonds. The first-order valence-corrected chi connectivity index (χ1v) is 8.11. The number of halogens is 3. The van der Waals surface area contributed by atoms with Crippen LogP contribution in [0, 0.1) is 11.6 Å². The summed E-state index contributed by atoms with van der Waals surface area (Å²) >= 11 is 5.97. The van der Waals surface area contributed by atoms with Gasteiger partial charge in [0.1, 0.15) is 17.5 Å². The Hall–Kier alpha value is -2.67. The second kappa shape index (κ2) is 6.33. The lowest BCUT2D eigenvalue weighted by Gasteiger charge is -2.32. The first-order valence-electron chi connectivity index (χ1n) is 7.74. The van der Waals surface area contributed by atoms with Crippen LogP contribution in [0.3, 0.4) is 0 Å². The van der Waals surface area contributed by atoms with Gasteiger partial charge in [-0.25, -0.2) is 13.8 Å². The lowest BCUT2D eigenvalue weighted by Crippen LogP contribution is -2.34. The molecule has 3 aromatic rings. The van der Waals surface area contributed by atoms with Crippen molar-refractivity contribution in [3.63, 3.8) is 0 Å². The number of H-pyrrole nitrogens is 1. The zero-order chi connectivity index (χ0) is 17.4. The zero-order valence-corrected chi connectivity index (χ0v) is 13.8. The smallest absolute Gasteiger partial charge is 0.149 e. The molecule has 0 saturated heterocycles. The Labute approximate surface area is 147 Å². The van der Waals surface area contributed by atoms with E-state index in [2.05, 4.69) is 20.5 Å². The molecule has 0 spiro atoms. The van der Waals surface area contributed by atoms with Gasteiger partial charge in [0.05, 0.1) is 16.9 Å². The summed E-state index contributed by atoms with van der Waals surface area (Å²) in [7, 11) is 0. The van der Waals surface area contributed by atoms with E-state index in [1.807, 2.05) is 11.0 Å². The molecule has 2 aromatic heterocycles. The Balaban J connectivity index is 1.72. The Morgan fingerprint density at radius 3 is 2.80 bits per heavy atom. The van der Waals surface area contributed by atoms with Crippen LogP contribution in [0.25, 0.3) is 11.1 Å². The summed E-state index contributed by atoms with van der Waals surface area (Å²) in [5, 5.41) is 9.74. The largest absolute Gasteiger partial charge is 0.367 e. The van der Waals surface area contributed by atoms with E-state index < -0.39 is 11.6 Å². The van der Waals surface area contributed by atoms with Crippen LogP contribution in [0.15, 0.2) is 36.8 Å². The van der Waals surface area contributed by atoms with Crippen molar-refractivity contribution in [3.8, 4) is 11.1 Å². The number of hydrogen-bond donors (Lipinski definition) is 2. The van der Waals surface area contributed by atoms with Crippen LogP contribution in [0.1, 0.15) is 5.56 Å². The highest BCUT2D eigenvalue weighted by Crippen LogP contribution is 2.34. The summed E-state index contributed by atoms with van der Waals surface area (Å²) in [4.78, 5) is 6.37. The van der Waals surface area contributed by atoms with Gasteiger partial charge in [0.2, 0.25) is 0 Å². The summed E-state index contributed by atoms with van der Waals surface area (Å²) in [6, 6.07) is 4.08. The van der Waals surface area contributed by atoms with E-state index in [9.17, 15) is 8.78 Å². The van der Waals surface area contributed by atoms with Gasteiger partial charge >= 0.3 is 0 Å². The minimum atomic E-state index is -0.626. The van der Waals surface area contributed by atoms with E-state index in [0.717, 1.165) is 28.9 Å². The number of aromatic amines is 1. The lowest BCUT2D eigenvalue weighted by molar-refractivity contribution is 0.581. The van der Waals surface area contributed by atoms with Gasteiger partial charge in [-0.3, -0.25) is 5.10 Å². The average Bonchev–Trinajstić information content (AvgIpc) is 3.16. The van der Waals surface area contributed by atoms with Crippen molar-refractivity contribution in [2.24, 2.45) is 0 Å². The van der Waals surface area contributed by atoms with Crippen molar-refractivity contribution in [1.82, 2.24) is 15.2 Å². The number of aromatic nitrogens is 3. The predicted molar refractivity (Wildman–Crippen MR) is 92.7 cm³/mol. The third-order valence-corrected chi connectivity index (χ3v) is 4.61. The van der Waals surface area contributed by atoms with Crippen LogP contribution in [0.4, 0.5) is 20.3 Å². The number of nitrogens with zero attached hydrogens (tertiary/aromatic N) is 3. The Bertz CT molecular complexity index is 914. The first kappa shape index (κ1) is 15.8. The molecule has 0 saturated carbocycles. The van der Waals surface area contributed by atoms with Crippen LogP contribution < -0.4 is 10.2 Å². The standard InChI is InChI=1S/C17H14ClF2N5/c18-16-12(13(19)1-2-14(16)20)9-25-4-3-21-17-15(25)5-10(6-22-17)11-7-23-24-8-11/h1-2,5-8H,3-4,9H2,(H,21,22)(H,23,24). The van der Waals surface area contributed by atoms with E-state index in [1.165, 1.54) is 0 Å². The van der Waals surface area contributed by atoms with Gasteiger partial charge < -0.3 is 10.2 Å². The SMILES string of the molecule is Fc1ccc(F)c(CN2CCNc3ncc(-c4cn[nH]c4)cc32)c1Cl. The minimum absolute atomic E-state index is 0.142. The fraction of sp³-hybridized carbons (Fsp3) is 0.176. The maximum atomic E-state index is 14.1. The van der Waals surface area contributed by atoms with Crippen molar-refractivity contribution in [1.29, 1.82) is 0 Å². The van der Waals surface area contributed by atoms with Gasteiger partial charge in [-0.2, -0.15) is 5.10 Å². The van der Waals surface area contributed by atoms with E-state index >= 15 is 0 Å². The van der Waals surface area contributed by atoms with Crippen LogP contribution in [-0.4, -0.2) is 28.3 Å². The number of pyridine rings is 1. The van der Waals surface area contributed by atoms with Gasteiger partial charge in [-0.1, -0.05) is 11.6 Å². The number of benzene rings is 1. The van der Waals surface area contributed by atoms with E-state index in [0.29, 0.717) is 18.9 Å². The third-order valence-electron chi connectivity index (χ3n) is 4.20. The Morgan fingerprint density at radius 2 is 2.00 bits per heavy atom. The number of hydrogen-bond acceptors (Lipinski definition) is 4. The second-order valence-corrected chi connectivity index (χ2v) is 6.13. The van der Waals surface area contributed by atoms with Crippen LogP contribution >= 0.6 is 11.6 Å². The molecule has 0 aliphatic carbocycles. The summed E-state index contributed by atoms with van der Waals surface area (Å²) in [6.07, 6.45) is 5.22. The monoisotopic (exact) mass is 361 g/mol. The maximum Gasteiger partial charge on any atom is 0.149 e. The lowest BCUT2D eigenvalue weighted by atomic mass is 10.1. The molecule has 3 heterocycles. The van der Waals surface area contributed by atoms with Crippen molar-refractivity contribution in [3.05, 3.63) is 59.0 Å². The minimum Gasteiger partial charge on any atom is -0.367 e. The average molecular weight is 362 g/mol. The molecule has 0 unspecified atom stereocenters. The molecule has 1 aromatic carbocycles. The van der Waals surface area contributed by atoms with Crippen LogP contribution in [0.5, 0.6) is 0 Å². The molecule has 0 fully saturated rings. The molecule has 8 heteroatoms. The summed E-state index contributed by atoms with van der Waals surface area (Å²) in [6.45, 7) is 1.43. The van der Waals surface area contributed by atoms with Crippen LogP contribution in [-0.2, 0) is 6.54 Å². The second-order valence-electron chi connectivity index (χ2n) is 5.75. The fourth-order valence-electron chi connectivity index (χ4n) is 2.90. The number of rotatable bonds is 3. The molecule has 25 heavy (non-hydrogen) atoms. The van der Waals surface area contributed by atoms with E-state index in [-0.39, 0.29) is 17.1 Å². The Kier molecular flexibility index (Phi) is 4.01. The maximum absolute atomic E-state index is 14.1. The van der Waals surface area contributed by atoms with Gasteiger partial charge in [0.15, 0.2) is 0 Å². The molecular formula is C17H14ClF2N5. The molecule has 5 nitrogen and oxygen atoms in total. The highest BCUT2D eigenvalue weighted by molar-refractivity contribution is 6.31. The van der Waals surface area contributed by atoms with Gasteiger partial charge in [0.25, 0.3) is 0 Å². The van der Waals surface area contributed by atoms with E-state index in [4.69, 9.17) is 11.6 Å². The first-order chi connectivity index (χ1) is 12.1. The molecule has 4 rings (SSSR count). The molecule has 0 radical (unpaired) electrons. The summed E-state index contributed by atoms with van der Waals surface area (Å²) in [5.41, 5.74) is 2.73. The molecule has 0 atom stereocenters. The quantitative estimate of drug-likeness (QED) is 0.696. The normalized spacial score (nSPS) is 13.5. The molecule has 2 N–H and O–H groups in total. The summed E-state index contributed by atoms with van der Waals surface area (Å²) in [5.74, 6) is -0.449. The van der Waals surface area contributed by atoms with Crippen molar-refractivity contribution < 1.29 is 8.78 Å². The summed E-state index contributed by atoms with van der Waals surface area (Å²) < 4.78 is 27.8. The highest BCUT2D eigenvalue weighted by atomic mass is 35.5. The van der Waals surface area contributed by atoms with Gasteiger partial charge in [0, 0.05) is 48.7 Å². The molecular weight excluding hydrogens is 348 g/mol. The fourth-order valence-corrected chi connectivity index (χ4v) is 3.11. The molecule has 1 aliphatic heterocycles. The molecule has 0 bridgehead atoms. The van der Waals surface area contributed by atoms with Gasteiger partial charge in [-0.15, -0.1) is 0 Å². The van der Waals surface area contributed by atoms with Crippen molar-refractivity contribution in [2.75, 3.05) is 23.3 Å². The predicted octanol–water partition coefficient (Wildman–Crippen LogP) is 3.84. The molecule has 1 aliphatic rings. The van der Waals surface area contributed by atoms with Gasteiger partial charge in [-0.05, 0) is 18.2 Å². The topological polar surface area (TPSA) is 56.8 Å². The number of fused-ring (bicyclic) bond motifs is 1. The highest BCUT2D eigenvalue weighted by Gasteiger charge is 2.22. The number of anilines is 2. The van der Waals surface area contributed by atoms with Crippen molar-refractivity contribution in [2.45, 2.75) is 6.54 Å². The molecule has 128 valence electrons. The Morgan fingerprint density at radius 1 is 1.16 bits per heavy atom.